The molecule has 0 N–H and O–H groups in total. The molecule has 0 unspecified atom stereocenters. The van der Waals surface area contributed by atoms with Crippen molar-refractivity contribution in [3.8, 4) is 17.1 Å². The Bertz CT molecular complexity index is 997. The van der Waals surface area contributed by atoms with Crippen molar-refractivity contribution >= 4 is 33.1 Å². The molecule has 0 saturated carbocycles. The zero-order chi connectivity index (χ0) is 17.2. The second kappa shape index (κ2) is 6.53. The second-order valence-corrected chi connectivity index (χ2v) is 6.54. The van der Waals surface area contributed by atoms with E-state index < -0.39 is 0 Å². The van der Waals surface area contributed by atoms with Crippen LogP contribution in [0.2, 0.25) is 0 Å². The molecule has 0 atom stereocenters. The number of benzene rings is 2. The summed E-state index contributed by atoms with van der Waals surface area (Å²) in [6.45, 7) is 0. The summed E-state index contributed by atoms with van der Waals surface area (Å²) in [4.78, 5) is 11.7. The van der Waals surface area contributed by atoms with Crippen molar-refractivity contribution in [3.05, 3.63) is 66.0 Å². The molecule has 4 rings (SSSR count). The van der Waals surface area contributed by atoms with Gasteiger partial charge in [-0.3, -0.25) is 0 Å². The highest BCUT2D eigenvalue weighted by Gasteiger charge is 2.15. The molecular weight excluding hydrogens is 330 g/mol. The Morgan fingerprint density at radius 2 is 1.68 bits per heavy atom. The molecule has 124 valence electrons. The summed E-state index contributed by atoms with van der Waals surface area (Å²) in [5.74, 6) is 2.48. The zero-order valence-corrected chi connectivity index (χ0v) is 14.8. The SMILES string of the molecule is COc1ccc(N(C)c2nc(-c3ccccc3)nc3ccsc23)cc1. The Kier molecular flexibility index (Phi) is 4.07. The Balaban J connectivity index is 1.83. The maximum absolute atomic E-state index is 5.25. The van der Waals surface area contributed by atoms with Crippen molar-refractivity contribution in [1.29, 1.82) is 0 Å². The van der Waals surface area contributed by atoms with Crippen LogP contribution >= 0.6 is 11.3 Å². The highest BCUT2D eigenvalue weighted by molar-refractivity contribution is 7.17. The van der Waals surface area contributed by atoms with Gasteiger partial charge < -0.3 is 9.64 Å². The normalized spacial score (nSPS) is 10.8. The molecule has 5 heteroatoms. The lowest BCUT2D eigenvalue weighted by molar-refractivity contribution is 0.415. The lowest BCUT2D eigenvalue weighted by Crippen LogP contribution is -2.12. The molecule has 0 aliphatic rings. The highest BCUT2D eigenvalue weighted by Crippen LogP contribution is 2.34. The summed E-state index contributed by atoms with van der Waals surface area (Å²) >= 11 is 1.66. The number of aromatic nitrogens is 2. The Morgan fingerprint density at radius 1 is 0.920 bits per heavy atom. The van der Waals surface area contributed by atoms with E-state index in [9.17, 15) is 0 Å². The van der Waals surface area contributed by atoms with Gasteiger partial charge in [-0.05, 0) is 35.7 Å². The molecule has 4 nitrogen and oxygen atoms in total. The summed E-state index contributed by atoms with van der Waals surface area (Å²) in [5, 5.41) is 2.06. The predicted octanol–water partition coefficient (Wildman–Crippen LogP) is 5.13. The van der Waals surface area contributed by atoms with E-state index in [-0.39, 0.29) is 0 Å². The molecule has 2 aromatic carbocycles. The first-order chi connectivity index (χ1) is 12.3. The number of nitrogens with zero attached hydrogens (tertiary/aromatic N) is 3. The van der Waals surface area contributed by atoms with Gasteiger partial charge in [0, 0.05) is 18.3 Å². The third kappa shape index (κ3) is 2.94. The van der Waals surface area contributed by atoms with E-state index in [0.717, 1.165) is 38.9 Å². The second-order valence-electron chi connectivity index (χ2n) is 5.63. The van der Waals surface area contributed by atoms with E-state index in [1.54, 1.807) is 18.4 Å². The van der Waals surface area contributed by atoms with Crippen molar-refractivity contribution in [1.82, 2.24) is 9.97 Å². The Hall–Kier alpha value is -2.92. The number of rotatable bonds is 4. The molecule has 2 aromatic heterocycles. The minimum Gasteiger partial charge on any atom is -0.497 e. The van der Waals surface area contributed by atoms with E-state index in [2.05, 4.69) is 10.3 Å². The Morgan fingerprint density at radius 3 is 2.40 bits per heavy atom. The third-order valence-electron chi connectivity index (χ3n) is 4.10. The third-order valence-corrected chi connectivity index (χ3v) is 4.99. The fourth-order valence-corrected chi connectivity index (χ4v) is 3.58. The zero-order valence-electron chi connectivity index (χ0n) is 14.0. The number of ether oxygens (including phenoxy) is 1. The number of thiophene rings is 1. The molecule has 25 heavy (non-hydrogen) atoms. The topological polar surface area (TPSA) is 38.2 Å². The van der Waals surface area contributed by atoms with E-state index in [0.29, 0.717) is 0 Å². The summed E-state index contributed by atoms with van der Waals surface area (Å²) < 4.78 is 6.33. The summed E-state index contributed by atoms with van der Waals surface area (Å²) in [6, 6.07) is 20.1. The van der Waals surface area contributed by atoms with E-state index in [1.165, 1.54) is 0 Å². The lowest BCUT2D eigenvalue weighted by Gasteiger charge is -2.20. The number of fused-ring (bicyclic) bond motifs is 1. The minimum atomic E-state index is 0.738. The van der Waals surface area contributed by atoms with Crippen LogP contribution in [0.25, 0.3) is 21.6 Å². The molecule has 0 bridgehead atoms. The van der Waals surface area contributed by atoms with Crippen LogP contribution < -0.4 is 9.64 Å². The standard InChI is InChI=1S/C20H17N3OS/c1-23(15-8-10-16(24-2)11-9-15)20-18-17(12-13-25-18)21-19(22-20)14-6-4-3-5-7-14/h3-13H,1-2H3. The molecule has 0 spiro atoms. The first-order valence-corrected chi connectivity index (χ1v) is 8.82. The number of anilines is 2. The molecule has 0 saturated heterocycles. The van der Waals surface area contributed by atoms with Gasteiger partial charge in [0.1, 0.15) is 5.75 Å². The van der Waals surface area contributed by atoms with Crippen LogP contribution in [-0.2, 0) is 0 Å². The van der Waals surface area contributed by atoms with Gasteiger partial charge in [0.25, 0.3) is 0 Å². The largest absolute Gasteiger partial charge is 0.497 e. The minimum absolute atomic E-state index is 0.738. The maximum Gasteiger partial charge on any atom is 0.162 e. The van der Waals surface area contributed by atoms with Gasteiger partial charge in [0.05, 0.1) is 17.3 Å². The molecule has 2 heterocycles. The van der Waals surface area contributed by atoms with Gasteiger partial charge in [-0.2, -0.15) is 0 Å². The molecule has 0 aliphatic carbocycles. The van der Waals surface area contributed by atoms with Gasteiger partial charge >= 0.3 is 0 Å². The van der Waals surface area contributed by atoms with Crippen molar-refractivity contribution in [2.45, 2.75) is 0 Å². The van der Waals surface area contributed by atoms with Gasteiger partial charge in [-0.25, -0.2) is 9.97 Å². The quantitative estimate of drug-likeness (QED) is 0.513. The summed E-state index contributed by atoms with van der Waals surface area (Å²) in [7, 11) is 3.70. The molecule has 0 aliphatic heterocycles. The average Bonchev–Trinajstić information content (AvgIpc) is 3.16. The van der Waals surface area contributed by atoms with Gasteiger partial charge in [0.15, 0.2) is 11.6 Å². The van der Waals surface area contributed by atoms with Crippen LogP contribution in [0.15, 0.2) is 66.0 Å². The fraction of sp³-hybridized carbons (Fsp3) is 0.100. The molecule has 0 fully saturated rings. The van der Waals surface area contributed by atoms with E-state index in [1.807, 2.05) is 67.7 Å². The van der Waals surface area contributed by atoms with Crippen molar-refractivity contribution in [2.24, 2.45) is 0 Å². The molecule has 0 amide bonds. The van der Waals surface area contributed by atoms with Gasteiger partial charge in [0.2, 0.25) is 0 Å². The first-order valence-electron chi connectivity index (χ1n) is 7.95. The fourth-order valence-electron chi connectivity index (χ4n) is 2.72. The molecule has 0 radical (unpaired) electrons. The smallest absolute Gasteiger partial charge is 0.162 e. The van der Waals surface area contributed by atoms with E-state index in [4.69, 9.17) is 14.7 Å². The van der Waals surface area contributed by atoms with Crippen LogP contribution in [0.4, 0.5) is 11.5 Å². The van der Waals surface area contributed by atoms with Gasteiger partial charge in [-0.1, -0.05) is 30.3 Å². The molecular formula is C20H17N3OS. The van der Waals surface area contributed by atoms with Crippen molar-refractivity contribution in [2.75, 3.05) is 19.1 Å². The highest BCUT2D eigenvalue weighted by atomic mass is 32.1. The van der Waals surface area contributed by atoms with Gasteiger partial charge in [-0.15, -0.1) is 11.3 Å². The molecule has 4 aromatic rings. The van der Waals surface area contributed by atoms with Crippen LogP contribution in [0.3, 0.4) is 0 Å². The summed E-state index contributed by atoms with van der Waals surface area (Å²) in [5.41, 5.74) is 3.03. The number of methoxy groups -OCH3 is 1. The number of hydrogen-bond donors (Lipinski definition) is 0. The average molecular weight is 347 g/mol. The lowest BCUT2D eigenvalue weighted by atomic mass is 10.2. The van der Waals surface area contributed by atoms with Crippen molar-refractivity contribution in [3.63, 3.8) is 0 Å². The van der Waals surface area contributed by atoms with Crippen LogP contribution in [0, 0.1) is 0 Å². The monoisotopic (exact) mass is 347 g/mol. The van der Waals surface area contributed by atoms with Crippen LogP contribution in [0.5, 0.6) is 5.75 Å². The number of hydrogen-bond acceptors (Lipinski definition) is 5. The summed E-state index contributed by atoms with van der Waals surface area (Å²) in [6.07, 6.45) is 0. The van der Waals surface area contributed by atoms with Crippen LogP contribution in [0.1, 0.15) is 0 Å². The Labute approximate surface area is 150 Å². The van der Waals surface area contributed by atoms with Crippen LogP contribution in [-0.4, -0.2) is 24.1 Å². The van der Waals surface area contributed by atoms with E-state index >= 15 is 0 Å². The predicted molar refractivity (Wildman–Crippen MR) is 104 cm³/mol. The maximum atomic E-state index is 5.25. The first kappa shape index (κ1) is 15.6. The van der Waals surface area contributed by atoms with Crippen molar-refractivity contribution < 1.29 is 4.74 Å².